The molecule has 0 aliphatic carbocycles. The van der Waals surface area contributed by atoms with Crippen LogP contribution in [0, 0.1) is 17.3 Å². The molecule has 0 radical (unpaired) electrons. The van der Waals surface area contributed by atoms with Crippen LogP contribution in [0.15, 0.2) is 41.3 Å². The van der Waals surface area contributed by atoms with Crippen molar-refractivity contribution in [2.45, 2.75) is 46.6 Å². The van der Waals surface area contributed by atoms with Crippen molar-refractivity contribution in [3.63, 3.8) is 0 Å². The lowest BCUT2D eigenvalue weighted by Gasteiger charge is -2.24. The Morgan fingerprint density at radius 2 is 2.08 bits per heavy atom. The van der Waals surface area contributed by atoms with Gasteiger partial charge in [0.05, 0.1) is 12.2 Å². The Labute approximate surface area is 161 Å². The number of nitrogens with zero attached hydrogens (tertiary/aromatic N) is 1. The van der Waals surface area contributed by atoms with Gasteiger partial charge in [0.25, 0.3) is 0 Å². The first-order chi connectivity index (χ1) is 12.2. The zero-order valence-electron chi connectivity index (χ0n) is 16.2. The average molecular weight is 382 g/mol. The van der Waals surface area contributed by atoms with Gasteiger partial charge >= 0.3 is 0 Å². The second-order valence-corrected chi connectivity index (χ2v) is 7.65. The third-order valence-corrected chi connectivity index (χ3v) is 4.10. The molecule has 0 aromatic heterocycles. The Kier molecular flexibility index (Phi) is 8.96. The SMILES string of the molecule is CCC(CN/C(=C/C=C(\C)c1cc(Cl)ccc1F)N=N)COC(C)(C)C. The average Bonchev–Trinajstić information content (AvgIpc) is 2.58. The smallest absolute Gasteiger partial charge is 0.147 e. The van der Waals surface area contributed by atoms with Crippen LogP contribution in [0.25, 0.3) is 5.57 Å². The Bertz CT molecular complexity index is 666. The first-order valence-corrected chi connectivity index (χ1v) is 9.13. The first kappa shape index (κ1) is 22.3. The third-order valence-electron chi connectivity index (χ3n) is 3.87. The van der Waals surface area contributed by atoms with Gasteiger partial charge in [-0.3, -0.25) is 0 Å². The number of hydrogen-bond donors (Lipinski definition) is 2. The maximum Gasteiger partial charge on any atom is 0.147 e. The molecule has 0 saturated heterocycles. The second-order valence-electron chi connectivity index (χ2n) is 7.22. The van der Waals surface area contributed by atoms with Crippen LogP contribution in [-0.4, -0.2) is 18.8 Å². The van der Waals surface area contributed by atoms with Crippen LogP contribution in [0.1, 0.15) is 46.6 Å². The van der Waals surface area contributed by atoms with Crippen molar-refractivity contribution in [1.82, 2.24) is 5.32 Å². The lowest BCUT2D eigenvalue weighted by molar-refractivity contribution is -0.0222. The monoisotopic (exact) mass is 381 g/mol. The number of rotatable bonds is 9. The molecular weight excluding hydrogens is 353 g/mol. The van der Waals surface area contributed by atoms with Crippen molar-refractivity contribution in [1.29, 1.82) is 5.53 Å². The van der Waals surface area contributed by atoms with Gasteiger partial charge in [0.1, 0.15) is 11.6 Å². The minimum absolute atomic E-state index is 0.174. The van der Waals surface area contributed by atoms with Crippen molar-refractivity contribution in [3.8, 4) is 0 Å². The van der Waals surface area contributed by atoms with Gasteiger partial charge in [0.2, 0.25) is 0 Å². The minimum atomic E-state index is -0.334. The highest BCUT2D eigenvalue weighted by atomic mass is 35.5. The van der Waals surface area contributed by atoms with E-state index in [2.05, 4.69) is 17.4 Å². The van der Waals surface area contributed by atoms with Crippen LogP contribution >= 0.6 is 11.6 Å². The normalized spacial score (nSPS) is 14.3. The lowest BCUT2D eigenvalue weighted by Crippen LogP contribution is -2.29. The van der Waals surface area contributed by atoms with E-state index in [4.69, 9.17) is 21.9 Å². The van der Waals surface area contributed by atoms with Crippen LogP contribution in [0.4, 0.5) is 4.39 Å². The summed E-state index contributed by atoms with van der Waals surface area (Å²) in [5.41, 5.74) is 8.29. The van der Waals surface area contributed by atoms with Crippen LogP contribution in [0.3, 0.4) is 0 Å². The van der Waals surface area contributed by atoms with Crippen molar-refractivity contribution < 1.29 is 9.13 Å². The van der Waals surface area contributed by atoms with Gasteiger partial charge in [-0.05, 0) is 69.9 Å². The van der Waals surface area contributed by atoms with Crippen LogP contribution < -0.4 is 5.32 Å². The largest absolute Gasteiger partial charge is 0.376 e. The van der Waals surface area contributed by atoms with Crippen molar-refractivity contribution in [2.75, 3.05) is 13.2 Å². The first-order valence-electron chi connectivity index (χ1n) is 8.75. The molecule has 6 heteroatoms. The summed E-state index contributed by atoms with van der Waals surface area (Å²) < 4.78 is 19.7. The van der Waals surface area contributed by atoms with E-state index in [1.54, 1.807) is 25.1 Å². The molecule has 4 nitrogen and oxygen atoms in total. The third kappa shape index (κ3) is 8.11. The summed E-state index contributed by atoms with van der Waals surface area (Å²) in [4.78, 5) is 0. The Morgan fingerprint density at radius 1 is 1.38 bits per heavy atom. The van der Waals surface area contributed by atoms with E-state index in [0.717, 1.165) is 6.42 Å². The van der Waals surface area contributed by atoms with Gasteiger partial charge in [0, 0.05) is 17.1 Å². The van der Waals surface area contributed by atoms with Crippen LogP contribution in [0.2, 0.25) is 5.02 Å². The molecule has 0 aliphatic heterocycles. The van der Waals surface area contributed by atoms with Crippen molar-refractivity contribution in [3.05, 3.63) is 52.6 Å². The molecule has 0 aliphatic rings. The molecule has 26 heavy (non-hydrogen) atoms. The highest BCUT2D eigenvalue weighted by molar-refractivity contribution is 6.30. The number of halogens is 2. The number of nitrogens with one attached hydrogen (secondary N) is 2. The van der Waals surface area contributed by atoms with E-state index in [1.165, 1.54) is 12.1 Å². The molecule has 1 atom stereocenters. The maximum absolute atomic E-state index is 13.9. The van der Waals surface area contributed by atoms with Gasteiger partial charge in [-0.15, -0.1) is 5.11 Å². The molecule has 1 rings (SSSR count). The zero-order chi connectivity index (χ0) is 19.7. The molecule has 0 bridgehead atoms. The molecule has 0 saturated carbocycles. The summed E-state index contributed by atoms with van der Waals surface area (Å²) in [5, 5.41) is 7.13. The molecule has 1 aromatic rings. The van der Waals surface area contributed by atoms with Gasteiger partial charge in [-0.25, -0.2) is 9.92 Å². The van der Waals surface area contributed by atoms with E-state index in [-0.39, 0.29) is 11.4 Å². The molecule has 0 amide bonds. The predicted octanol–water partition coefficient (Wildman–Crippen LogP) is 6.19. The Balaban J connectivity index is 2.75. The quantitative estimate of drug-likeness (QED) is 0.396. The molecule has 144 valence electrons. The number of ether oxygens (including phenoxy) is 1. The fraction of sp³-hybridized carbons (Fsp3) is 0.500. The summed E-state index contributed by atoms with van der Waals surface area (Å²) in [5.74, 6) is 0.398. The van der Waals surface area contributed by atoms with E-state index in [0.29, 0.717) is 41.0 Å². The molecule has 2 N–H and O–H groups in total. The summed E-state index contributed by atoms with van der Waals surface area (Å²) >= 11 is 5.93. The Hall–Kier alpha value is -1.72. The fourth-order valence-electron chi connectivity index (χ4n) is 2.17. The molecule has 1 unspecified atom stereocenters. The van der Waals surface area contributed by atoms with E-state index < -0.39 is 0 Å². The molecule has 0 heterocycles. The van der Waals surface area contributed by atoms with Gasteiger partial charge in [0.15, 0.2) is 0 Å². The minimum Gasteiger partial charge on any atom is -0.376 e. The Morgan fingerprint density at radius 3 is 2.65 bits per heavy atom. The predicted molar refractivity (Wildman–Crippen MR) is 106 cm³/mol. The summed E-state index contributed by atoms with van der Waals surface area (Å²) in [7, 11) is 0. The fourth-order valence-corrected chi connectivity index (χ4v) is 2.34. The van der Waals surface area contributed by atoms with Gasteiger partial charge in [-0.1, -0.05) is 24.6 Å². The summed E-state index contributed by atoms with van der Waals surface area (Å²) in [6, 6.07) is 4.44. The van der Waals surface area contributed by atoms with Crippen LogP contribution in [-0.2, 0) is 4.74 Å². The van der Waals surface area contributed by atoms with Crippen molar-refractivity contribution >= 4 is 17.2 Å². The topological polar surface area (TPSA) is 57.5 Å². The number of hydrogen-bond acceptors (Lipinski definition) is 4. The standard InChI is InChI=1S/C20H29ClFN3O/c1-6-15(13-26-20(3,4)5)12-24-19(25-23)10-7-14(2)17-11-16(21)8-9-18(17)22/h7-11,15,23-24H,6,12-13H2,1-5H3/b14-7+,19-10-,25-23?. The molecular formula is C20H29ClFN3O. The summed E-state index contributed by atoms with van der Waals surface area (Å²) in [6.07, 6.45) is 4.35. The zero-order valence-corrected chi connectivity index (χ0v) is 17.0. The van der Waals surface area contributed by atoms with Gasteiger partial charge in [-0.2, -0.15) is 0 Å². The maximum atomic E-state index is 13.9. The van der Waals surface area contributed by atoms with E-state index >= 15 is 0 Å². The summed E-state index contributed by atoms with van der Waals surface area (Å²) in [6.45, 7) is 11.3. The molecule has 1 aromatic carbocycles. The van der Waals surface area contributed by atoms with Crippen molar-refractivity contribution in [2.24, 2.45) is 11.0 Å². The lowest BCUT2D eigenvalue weighted by atomic mass is 10.1. The highest BCUT2D eigenvalue weighted by Crippen LogP contribution is 2.22. The van der Waals surface area contributed by atoms with Gasteiger partial charge < -0.3 is 10.1 Å². The second kappa shape index (κ2) is 10.4. The number of benzene rings is 1. The highest BCUT2D eigenvalue weighted by Gasteiger charge is 2.14. The molecule has 0 spiro atoms. The van der Waals surface area contributed by atoms with Crippen LogP contribution in [0.5, 0.6) is 0 Å². The van der Waals surface area contributed by atoms with E-state index in [9.17, 15) is 4.39 Å². The molecule has 0 fully saturated rings. The number of allylic oxidation sites excluding steroid dienone is 3. The van der Waals surface area contributed by atoms with E-state index in [1.807, 2.05) is 20.8 Å².